The summed E-state index contributed by atoms with van der Waals surface area (Å²) in [6.45, 7) is 4.92. The normalized spacial score (nSPS) is 11.4. The Morgan fingerprint density at radius 2 is 0.717 bits per heavy atom. The summed E-state index contributed by atoms with van der Waals surface area (Å²) in [6, 6.07) is 57.1. The summed E-state index contributed by atoms with van der Waals surface area (Å²) in [5, 5.41) is 28.6. The number of fused-ring (bicyclic) bond motifs is 6. The van der Waals surface area contributed by atoms with Gasteiger partial charge in [-0.25, -0.2) is 0 Å². The first kappa shape index (κ1) is 38.1. The largest absolute Gasteiger partial charge is 0.505 e. The number of para-hydroxylation sites is 6. The van der Waals surface area contributed by atoms with Crippen LogP contribution < -0.4 is 9.47 Å². The van der Waals surface area contributed by atoms with Gasteiger partial charge in [-0.1, -0.05) is 117 Å². The van der Waals surface area contributed by atoms with Gasteiger partial charge in [0.05, 0.1) is 46.7 Å². The Balaban J connectivity index is 0.00000462. The highest BCUT2D eigenvalue weighted by Crippen LogP contribution is 2.45. The first-order valence-electron chi connectivity index (χ1n) is 20.0. The molecule has 0 amide bonds. The summed E-state index contributed by atoms with van der Waals surface area (Å²) in [4.78, 5) is 0. The number of ether oxygens (including phenoxy) is 2. The smallest absolute Gasteiger partial charge is 0.147 e. The van der Waals surface area contributed by atoms with Gasteiger partial charge in [-0.15, -0.1) is 0 Å². The molecule has 60 heavy (non-hydrogen) atoms. The van der Waals surface area contributed by atoms with Crippen LogP contribution in [0.25, 0.3) is 77.2 Å². The third kappa shape index (κ3) is 6.47. The van der Waals surface area contributed by atoms with Crippen molar-refractivity contribution in [1.29, 1.82) is 0 Å². The highest BCUT2D eigenvalue weighted by molar-refractivity contribution is 6.10. The molecule has 10 rings (SSSR count). The topological polar surface area (TPSA) is 68.8 Å². The number of aryl methyl sites for hydroxylation is 2. The molecule has 0 saturated carbocycles. The molecule has 2 N–H and O–H groups in total. The lowest BCUT2D eigenvalue weighted by Gasteiger charge is -2.18. The highest BCUT2D eigenvalue weighted by atomic mass is 16.5. The molecule has 296 valence electrons. The maximum atomic E-state index is 12.0. The van der Waals surface area contributed by atoms with Crippen LogP contribution in [0, 0.1) is 13.8 Å². The van der Waals surface area contributed by atoms with E-state index in [4.69, 9.17) is 9.47 Å². The van der Waals surface area contributed by atoms with Gasteiger partial charge in [0, 0.05) is 50.2 Å². The van der Waals surface area contributed by atoms with E-state index in [-0.39, 0.29) is 18.9 Å². The van der Waals surface area contributed by atoms with Crippen LogP contribution >= 0.6 is 0 Å². The molecular formula is C54H46N2O4. The zero-order valence-corrected chi connectivity index (χ0v) is 32.9. The van der Waals surface area contributed by atoms with Crippen LogP contribution in [-0.4, -0.2) is 32.6 Å². The van der Waals surface area contributed by atoms with Gasteiger partial charge in [0.2, 0.25) is 0 Å². The molecule has 10 aromatic rings. The van der Waals surface area contributed by atoms with E-state index < -0.39 is 0 Å². The summed E-state index contributed by atoms with van der Waals surface area (Å²) in [7, 11) is 0. The first-order chi connectivity index (χ1) is 29.0. The van der Waals surface area contributed by atoms with E-state index >= 15 is 0 Å². The second-order valence-electron chi connectivity index (χ2n) is 15.1. The Labute approximate surface area is 349 Å². The average Bonchev–Trinajstić information content (AvgIpc) is 3.78. The fourth-order valence-corrected chi connectivity index (χ4v) is 8.69. The van der Waals surface area contributed by atoms with Crippen LogP contribution in [0.15, 0.2) is 170 Å². The Morgan fingerprint density at radius 3 is 1.08 bits per heavy atom. The van der Waals surface area contributed by atoms with Crippen molar-refractivity contribution in [2.75, 3.05) is 13.2 Å². The first-order valence-corrected chi connectivity index (χ1v) is 20.0. The molecule has 0 bridgehead atoms. The van der Waals surface area contributed by atoms with Gasteiger partial charge < -0.3 is 28.8 Å². The molecule has 6 nitrogen and oxygen atoms in total. The Morgan fingerprint density at radius 1 is 0.400 bits per heavy atom. The fraction of sp³-hybridized carbons (Fsp3) is 0.111. The van der Waals surface area contributed by atoms with Gasteiger partial charge in [-0.2, -0.15) is 0 Å². The van der Waals surface area contributed by atoms with Crippen molar-refractivity contribution >= 4 is 43.6 Å². The molecule has 0 unspecified atom stereocenters. The van der Waals surface area contributed by atoms with Crippen LogP contribution in [0.1, 0.15) is 25.0 Å². The molecule has 0 radical (unpaired) electrons. The van der Waals surface area contributed by atoms with Gasteiger partial charge in [-0.3, -0.25) is 0 Å². The quantitative estimate of drug-likeness (QED) is 0.135. The SMILES string of the molecule is C.Cc1cc(-c2ccccc2OCCCOc2ccccc2-c2cc(C)cc(-n3c4ccccc4c4ccccc43)c2O)c(O)c(-n2c3ccccc3c3ccccc32)c1. The van der Waals surface area contributed by atoms with Crippen LogP contribution in [0.4, 0.5) is 0 Å². The summed E-state index contributed by atoms with van der Waals surface area (Å²) >= 11 is 0. The molecule has 0 aliphatic heterocycles. The maximum Gasteiger partial charge on any atom is 0.147 e. The van der Waals surface area contributed by atoms with Crippen LogP contribution in [-0.2, 0) is 0 Å². The molecule has 0 spiro atoms. The van der Waals surface area contributed by atoms with E-state index in [0.717, 1.165) is 77.2 Å². The Bertz CT molecular complexity index is 2890. The average molecular weight is 787 g/mol. The van der Waals surface area contributed by atoms with E-state index in [2.05, 4.69) is 95.8 Å². The minimum absolute atomic E-state index is 0. The lowest BCUT2D eigenvalue weighted by molar-refractivity contribution is 0.248. The predicted octanol–water partition coefficient (Wildman–Crippen LogP) is 13.7. The molecule has 0 aliphatic carbocycles. The Kier molecular flexibility index (Phi) is 9.98. The maximum absolute atomic E-state index is 12.0. The van der Waals surface area contributed by atoms with Crippen molar-refractivity contribution in [2.45, 2.75) is 27.7 Å². The number of phenolic OH excluding ortho intramolecular Hbond substituents is 2. The van der Waals surface area contributed by atoms with E-state index in [9.17, 15) is 10.2 Å². The molecule has 0 saturated heterocycles. The van der Waals surface area contributed by atoms with Crippen molar-refractivity contribution in [3.63, 3.8) is 0 Å². The number of phenols is 2. The minimum atomic E-state index is 0. The summed E-state index contributed by atoms with van der Waals surface area (Å²) in [6.07, 6.45) is 0.613. The number of benzene rings is 8. The van der Waals surface area contributed by atoms with Crippen molar-refractivity contribution < 1.29 is 19.7 Å². The number of nitrogens with zero attached hydrogens (tertiary/aromatic N) is 2. The van der Waals surface area contributed by atoms with E-state index in [1.807, 2.05) is 97.1 Å². The highest BCUT2D eigenvalue weighted by Gasteiger charge is 2.21. The lowest BCUT2D eigenvalue weighted by atomic mass is 9.99. The molecule has 2 heterocycles. The molecule has 6 heteroatoms. The van der Waals surface area contributed by atoms with Crippen molar-refractivity contribution in [2.24, 2.45) is 0 Å². The second kappa shape index (κ2) is 15.7. The van der Waals surface area contributed by atoms with Crippen LogP contribution in [0.2, 0.25) is 0 Å². The number of rotatable bonds is 10. The fourth-order valence-electron chi connectivity index (χ4n) is 8.69. The van der Waals surface area contributed by atoms with E-state index in [0.29, 0.717) is 42.3 Å². The second-order valence-corrected chi connectivity index (χ2v) is 15.1. The third-order valence-corrected chi connectivity index (χ3v) is 11.3. The molecule has 2 aromatic heterocycles. The van der Waals surface area contributed by atoms with Gasteiger partial charge in [0.1, 0.15) is 23.0 Å². The molecule has 0 aliphatic rings. The number of aromatic nitrogens is 2. The third-order valence-electron chi connectivity index (χ3n) is 11.3. The number of hydrogen-bond acceptors (Lipinski definition) is 4. The molecule has 0 fully saturated rings. The molecular weight excluding hydrogens is 741 g/mol. The van der Waals surface area contributed by atoms with Gasteiger partial charge >= 0.3 is 0 Å². The predicted molar refractivity (Wildman–Crippen MR) is 248 cm³/mol. The molecule has 8 aromatic carbocycles. The van der Waals surface area contributed by atoms with Gasteiger partial charge in [0.25, 0.3) is 0 Å². The van der Waals surface area contributed by atoms with Gasteiger partial charge in [-0.05, 0) is 85.6 Å². The standard InChI is InChI=1S/C53H42N2O4.CH4/c1-34-30-42(52(56)48(32-34)54-44-22-9-3-16-36(44)37-17-4-10-23-45(37)54)40-20-7-13-26-50(40)58-28-15-29-59-51-27-14-8-21-41(51)43-31-35(2)33-49(53(43)57)55-46-24-11-5-18-38(46)39-19-6-12-25-47(39)55;/h3-14,16-27,30-33,56-57H,15,28-29H2,1-2H3;1H4. The zero-order valence-electron chi connectivity index (χ0n) is 32.9. The van der Waals surface area contributed by atoms with E-state index in [1.165, 1.54) is 0 Å². The number of aromatic hydroxyl groups is 2. The minimum Gasteiger partial charge on any atom is -0.505 e. The van der Waals surface area contributed by atoms with Crippen molar-refractivity contribution in [1.82, 2.24) is 9.13 Å². The van der Waals surface area contributed by atoms with Gasteiger partial charge in [0.15, 0.2) is 0 Å². The number of hydrogen-bond donors (Lipinski definition) is 2. The monoisotopic (exact) mass is 786 g/mol. The van der Waals surface area contributed by atoms with E-state index in [1.54, 1.807) is 0 Å². The summed E-state index contributed by atoms with van der Waals surface area (Å²) in [5.41, 5.74) is 10.7. The summed E-state index contributed by atoms with van der Waals surface area (Å²) < 4.78 is 17.2. The zero-order chi connectivity index (χ0) is 40.0. The van der Waals surface area contributed by atoms with Crippen molar-refractivity contribution in [3.8, 4) is 56.6 Å². The molecule has 0 atom stereocenters. The Hall–Kier alpha value is -7.44. The summed E-state index contributed by atoms with van der Waals surface area (Å²) in [5.74, 6) is 1.76. The van der Waals surface area contributed by atoms with Crippen LogP contribution in [0.3, 0.4) is 0 Å². The van der Waals surface area contributed by atoms with Crippen LogP contribution in [0.5, 0.6) is 23.0 Å². The van der Waals surface area contributed by atoms with Crippen molar-refractivity contribution in [3.05, 3.63) is 181 Å². The lowest BCUT2D eigenvalue weighted by Crippen LogP contribution is -2.06.